The summed E-state index contributed by atoms with van der Waals surface area (Å²) in [6, 6.07) is 5.37. The van der Waals surface area contributed by atoms with Gasteiger partial charge in [-0.15, -0.1) is 5.10 Å². The van der Waals surface area contributed by atoms with Gasteiger partial charge in [0.2, 0.25) is 11.9 Å². The Morgan fingerprint density at radius 2 is 2.04 bits per heavy atom. The summed E-state index contributed by atoms with van der Waals surface area (Å²) < 4.78 is 4.45. The minimum absolute atomic E-state index is 0.166. The molecule has 7 nitrogen and oxygen atoms in total. The smallest absolute Gasteiger partial charge is 0.248 e. The molecule has 0 atom stereocenters. The third-order valence-corrected chi connectivity index (χ3v) is 5.37. The maximum atomic E-state index is 12.1. The summed E-state index contributed by atoms with van der Waals surface area (Å²) in [7, 11) is 0. The van der Waals surface area contributed by atoms with Crippen LogP contribution in [0.5, 0.6) is 0 Å². The van der Waals surface area contributed by atoms with Crippen molar-refractivity contribution in [2.75, 3.05) is 5.32 Å². The highest BCUT2D eigenvalue weighted by molar-refractivity contribution is 14.1. The standard InChI is InChI=1S/C16H15Cl2IN6O/c1-10-14(19)8-24(22-10)5-4-15(26)21-16-20-9-25(23-16)7-11-2-3-12(17)13(18)6-11/h2-3,6,8-9H,4-5,7H2,1H3,(H,21,23,26). The second-order valence-electron chi connectivity index (χ2n) is 5.64. The quantitative estimate of drug-likeness (QED) is 0.518. The second-order valence-corrected chi connectivity index (χ2v) is 7.61. The summed E-state index contributed by atoms with van der Waals surface area (Å²) in [5, 5.41) is 12.3. The van der Waals surface area contributed by atoms with Crippen molar-refractivity contribution in [3.8, 4) is 0 Å². The fourth-order valence-electron chi connectivity index (χ4n) is 2.26. The van der Waals surface area contributed by atoms with Crippen molar-refractivity contribution in [1.29, 1.82) is 0 Å². The third-order valence-electron chi connectivity index (χ3n) is 3.57. The van der Waals surface area contributed by atoms with Crippen LogP contribution in [0.4, 0.5) is 5.95 Å². The number of nitrogens with one attached hydrogen (secondary N) is 1. The normalized spacial score (nSPS) is 10.9. The molecule has 26 heavy (non-hydrogen) atoms. The first-order valence-corrected chi connectivity index (χ1v) is 9.57. The molecule has 0 aliphatic rings. The Balaban J connectivity index is 1.54. The van der Waals surface area contributed by atoms with Crippen LogP contribution in [0.15, 0.2) is 30.7 Å². The van der Waals surface area contributed by atoms with Crippen molar-refractivity contribution in [3.63, 3.8) is 0 Å². The van der Waals surface area contributed by atoms with Crippen LogP contribution in [0, 0.1) is 10.5 Å². The van der Waals surface area contributed by atoms with Crippen molar-refractivity contribution in [2.24, 2.45) is 0 Å². The van der Waals surface area contributed by atoms with Gasteiger partial charge in [0.05, 0.1) is 25.9 Å². The molecule has 0 saturated carbocycles. The van der Waals surface area contributed by atoms with Crippen LogP contribution in [-0.2, 0) is 17.9 Å². The van der Waals surface area contributed by atoms with E-state index in [-0.39, 0.29) is 11.9 Å². The number of rotatable bonds is 6. The molecule has 0 fully saturated rings. The number of aryl methyl sites for hydroxylation is 2. The number of amides is 1. The van der Waals surface area contributed by atoms with Crippen LogP contribution in [0.25, 0.3) is 0 Å². The van der Waals surface area contributed by atoms with Crippen LogP contribution in [0.1, 0.15) is 17.7 Å². The molecule has 2 heterocycles. The van der Waals surface area contributed by atoms with Gasteiger partial charge in [0.15, 0.2) is 0 Å². The van der Waals surface area contributed by atoms with E-state index in [0.717, 1.165) is 14.8 Å². The molecule has 10 heteroatoms. The third kappa shape index (κ3) is 4.95. The number of carbonyl (C=O) groups is 1. The molecule has 3 aromatic rings. The predicted octanol–water partition coefficient (Wildman–Crippen LogP) is 3.77. The van der Waals surface area contributed by atoms with Gasteiger partial charge in [-0.05, 0) is 47.2 Å². The molecule has 1 aromatic carbocycles. The molecular weight excluding hydrogens is 490 g/mol. The molecule has 1 N–H and O–H groups in total. The Morgan fingerprint density at radius 3 is 2.73 bits per heavy atom. The van der Waals surface area contributed by atoms with Crippen LogP contribution < -0.4 is 5.32 Å². The fourth-order valence-corrected chi connectivity index (χ4v) is 3.01. The molecule has 0 radical (unpaired) electrons. The molecular formula is C16H15Cl2IN6O. The van der Waals surface area contributed by atoms with Gasteiger partial charge in [-0.3, -0.25) is 14.8 Å². The summed E-state index contributed by atoms with van der Waals surface area (Å²) in [6.07, 6.45) is 3.75. The van der Waals surface area contributed by atoms with Crippen LogP contribution in [0.2, 0.25) is 10.0 Å². The van der Waals surface area contributed by atoms with E-state index in [1.165, 1.54) is 0 Å². The number of anilines is 1. The van der Waals surface area contributed by atoms with E-state index in [1.807, 2.05) is 19.2 Å². The number of carbonyl (C=O) groups excluding carboxylic acids is 1. The lowest BCUT2D eigenvalue weighted by molar-refractivity contribution is -0.116. The molecule has 1 amide bonds. The van der Waals surface area contributed by atoms with Gasteiger partial charge in [0.1, 0.15) is 6.33 Å². The van der Waals surface area contributed by atoms with Crippen LogP contribution in [-0.4, -0.2) is 30.5 Å². The molecule has 3 rings (SSSR count). The van der Waals surface area contributed by atoms with Gasteiger partial charge < -0.3 is 0 Å². The number of benzene rings is 1. The number of hydrogen-bond acceptors (Lipinski definition) is 4. The van der Waals surface area contributed by atoms with E-state index >= 15 is 0 Å². The highest BCUT2D eigenvalue weighted by Crippen LogP contribution is 2.22. The Kier molecular flexibility index (Phi) is 6.15. The maximum Gasteiger partial charge on any atom is 0.248 e. The summed E-state index contributed by atoms with van der Waals surface area (Å²) in [6.45, 7) is 2.91. The molecule has 0 spiro atoms. The topological polar surface area (TPSA) is 77.6 Å². The Bertz CT molecular complexity index is 919. The lowest BCUT2D eigenvalue weighted by Gasteiger charge is -2.03. The van der Waals surface area contributed by atoms with Gasteiger partial charge in [-0.25, -0.2) is 9.67 Å². The first-order valence-electron chi connectivity index (χ1n) is 7.73. The highest BCUT2D eigenvalue weighted by Gasteiger charge is 2.09. The van der Waals surface area contributed by atoms with E-state index in [2.05, 4.69) is 43.1 Å². The van der Waals surface area contributed by atoms with Crippen molar-refractivity contribution < 1.29 is 4.79 Å². The number of hydrogen-bond donors (Lipinski definition) is 1. The van der Waals surface area contributed by atoms with Crippen molar-refractivity contribution >= 4 is 57.6 Å². The van der Waals surface area contributed by atoms with Gasteiger partial charge in [-0.1, -0.05) is 29.3 Å². The second kappa shape index (κ2) is 8.36. The summed E-state index contributed by atoms with van der Waals surface area (Å²) >= 11 is 14.1. The first-order chi connectivity index (χ1) is 12.4. The van der Waals surface area contributed by atoms with Crippen LogP contribution >= 0.6 is 45.8 Å². The molecule has 0 aliphatic heterocycles. The summed E-state index contributed by atoms with van der Waals surface area (Å²) in [5.74, 6) is 0.0988. The predicted molar refractivity (Wildman–Crippen MR) is 109 cm³/mol. The molecule has 136 valence electrons. The number of halogens is 3. The van der Waals surface area contributed by atoms with Gasteiger partial charge >= 0.3 is 0 Å². The Morgan fingerprint density at radius 1 is 1.23 bits per heavy atom. The minimum atomic E-state index is -0.166. The molecule has 2 aromatic heterocycles. The first kappa shape index (κ1) is 19.1. The summed E-state index contributed by atoms with van der Waals surface area (Å²) in [4.78, 5) is 16.2. The zero-order valence-electron chi connectivity index (χ0n) is 13.8. The van der Waals surface area contributed by atoms with Crippen molar-refractivity contribution in [2.45, 2.75) is 26.4 Å². The summed E-state index contributed by atoms with van der Waals surface area (Å²) in [5.41, 5.74) is 1.89. The average molecular weight is 505 g/mol. The highest BCUT2D eigenvalue weighted by atomic mass is 127. The Labute approximate surface area is 173 Å². The van der Waals surface area contributed by atoms with Crippen molar-refractivity contribution in [1.82, 2.24) is 24.5 Å². The maximum absolute atomic E-state index is 12.1. The van der Waals surface area contributed by atoms with E-state index < -0.39 is 0 Å². The van der Waals surface area contributed by atoms with E-state index in [1.54, 1.807) is 27.8 Å². The minimum Gasteiger partial charge on any atom is -0.293 e. The van der Waals surface area contributed by atoms with Crippen molar-refractivity contribution in [3.05, 3.63) is 55.6 Å². The lowest BCUT2D eigenvalue weighted by Crippen LogP contribution is -2.16. The molecule has 0 unspecified atom stereocenters. The van der Waals surface area contributed by atoms with E-state index in [0.29, 0.717) is 29.6 Å². The SMILES string of the molecule is Cc1nn(CCC(=O)Nc2ncn(Cc3ccc(Cl)c(Cl)c3)n2)cc1I. The zero-order valence-corrected chi connectivity index (χ0v) is 17.5. The van der Waals surface area contributed by atoms with Crippen LogP contribution in [0.3, 0.4) is 0 Å². The molecule has 0 aliphatic carbocycles. The number of nitrogens with zero attached hydrogens (tertiary/aromatic N) is 5. The largest absolute Gasteiger partial charge is 0.293 e. The zero-order chi connectivity index (χ0) is 18.7. The van der Waals surface area contributed by atoms with Gasteiger partial charge in [0, 0.05) is 19.2 Å². The Hall–Kier alpha value is -1.65. The van der Waals surface area contributed by atoms with E-state index in [9.17, 15) is 4.79 Å². The van der Waals surface area contributed by atoms with Gasteiger partial charge in [0.25, 0.3) is 0 Å². The monoisotopic (exact) mass is 504 g/mol. The molecule has 0 bridgehead atoms. The average Bonchev–Trinajstić information content (AvgIpc) is 3.15. The fraction of sp³-hybridized carbons (Fsp3) is 0.250. The molecule has 0 saturated heterocycles. The lowest BCUT2D eigenvalue weighted by atomic mass is 10.2. The van der Waals surface area contributed by atoms with Gasteiger partial charge in [-0.2, -0.15) is 5.10 Å². The van der Waals surface area contributed by atoms with E-state index in [4.69, 9.17) is 23.2 Å². The number of aromatic nitrogens is 5.